The van der Waals surface area contributed by atoms with Crippen LogP contribution in [0.25, 0.3) is 0 Å². The van der Waals surface area contributed by atoms with Gasteiger partial charge in [0.05, 0.1) is 4.92 Å². The molecule has 7 heteroatoms. The number of likely N-dealkylation sites (tertiary alicyclic amines) is 1. The van der Waals surface area contributed by atoms with Crippen LogP contribution in [0, 0.1) is 16.0 Å². The zero-order valence-corrected chi connectivity index (χ0v) is 14.1. The molecule has 2 fully saturated rings. The van der Waals surface area contributed by atoms with Gasteiger partial charge < -0.3 is 14.4 Å². The minimum atomic E-state index is -0.492. The molecule has 1 aliphatic heterocycles. The van der Waals surface area contributed by atoms with Gasteiger partial charge in [-0.15, -0.1) is 0 Å². The van der Waals surface area contributed by atoms with E-state index in [-0.39, 0.29) is 29.8 Å². The highest BCUT2D eigenvalue weighted by atomic mass is 16.6. The Morgan fingerprint density at radius 1 is 1.25 bits per heavy atom. The molecule has 3 atom stereocenters. The van der Waals surface area contributed by atoms with Crippen molar-refractivity contribution in [3.8, 4) is 5.75 Å². The number of nitrogens with zero attached hydrogens (tertiary/aromatic N) is 2. The fraction of sp³-hybridized carbons (Fsp3) is 0.588. The Labute approximate surface area is 140 Å². The van der Waals surface area contributed by atoms with Crippen LogP contribution < -0.4 is 4.74 Å². The first-order valence-electron chi connectivity index (χ1n) is 8.13. The van der Waals surface area contributed by atoms with E-state index < -0.39 is 10.5 Å². The molecule has 7 nitrogen and oxygen atoms in total. The number of nitro groups is 1. The maximum Gasteiger partial charge on any atom is 0.410 e. The summed E-state index contributed by atoms with van der Waals surface area (Å²) in [6, 6.07) is 6.27. The Bertz CT molecular complexity index is 637. The van der Waals surface area contributed by atoms with Crippen LogP contribution >= 0.6 is 0 Å². The van der Waals surface area contributed by atoms with Crippen molar-refractivity contribution in [3.05, 3.63) is 34.4 Å². The quantitative estimate of drug-likeness (QED) is 0.625. The number of carbonyl (C=O) groups is 1. The van der Waals surface area contributed by atoms with E-state index >= 15 is 0 Å². The van der Waals surface area contributed by atoms with E-state index in [1.54, 1.807) is 17.0 Å². The number of hydrogen-bond donors (Lipinski definition) is 0. The summed E-state index contributed by atoms with van der Waals surface area (Å²) in [5, 5.41) is 10.7. The lowest BCUT2D eigenvalue weighted by Crippen LogP contribution is -2.45. The Morgan fingerprint density at radius 3 is 2.42 bits per heavy atom. The van der Waals surface area contributed by atoms with Gasteiger partial charge in [0.15, 0.2) is 0 Å². The van der Waals surface area contributed by atoms with Crippen LogP contribution in [-0.4, -0.2) is 40.2 Å². The van der Waals surface area contributed by atoms with Gasteiger partial charge in [-0.1, -0.05) is 0 Å². The molecule has 0 aromatic heterocycles. The van der Waals surface area contributed by atoms with E-state index in [9.17, 15) is 14.9 Å². The summed E-state index contributed by atoms with van der Waals surface area (Å²) >= 11 is 0. The zero-order valence-electron chi connectivity index (χ0n) is 14.1. The van der Waals surface area contributed by atoms with Crippen molar-refractivity contribution >= 4 is 11.8 Å². The zero-order chi connectivity index (χ0) is 17.5. The minimum absolute atomic E-state index is 0.0372. The molecule has 1 aromatic rings. The summed E-state index contributed by atoms with van der Waals surface area (Å²) in [6.45, 7) is 6.22. The lowest BCUT2D eigenvalue weighted by molar-refractivity contribution is -0.384. The van der Waals surface area contributed by atoms with Crippen molar-refractivity contribution in [2.75, 3.05) is 6.54 Å². The molecular formula is C17H22N2O5. The average Bonchev–Trinajstić information content (AvgIpc) is 3.06. The summed E-state index contributed by atoms with van der Waals surface area (Å²) in [5.74, 6) is 0.902. The number of benzene rings is 1. The third-order valence-corrected chi connectivity index (χ3v) is 4.44. The van der Waals surface area contributed by atoms with Gasteiger partial charge in [0.25, 0.3) is 5.69 Å². The highest BCUT2D eigenvalue weighted by molar-refractivity contribution is 5.69. The van der Waals surface area contributed by atoms with Crippen molar-refractivity contribution in [2.24, 2.45) is 5.92 Å². The van der Waals surface area contributed by atoms with Crippen molar-refractivity contribution < 1.29 is 19.2 Å². The summed E-state index contributed by atoms with van der Waals surface area (Å²) in [5.41, 5.74) is -0.445. The normalized spacial score (nSPS) is 25.6. The lowest BCUT2D eigenvalue weighted by Gasteiger charge is -2.33. The van der Waals surface area contributed by atoms with Crippen LogP contribution in [0.1, 0.15) is 33.6 Å². The summed E-state index contributed by atoms with van der Waals surface area (Å²) in [6.07, 6.45) is 1.46. The standard InChI is InChI=1S/C17H22N2O5/c1-17(2,3)24-16(20)18-10-11-8-13(18)9-15(11)23-14-6-4-12(5-7-14)19(21)22/h4-7,11,13,15H,8-10H2,1-3H3. The Balaban J connectivity index is 1.57. The Morgan fingerprint density at radius 2 is 1.92 bits per heavy atom. The first-order valence-corrected chi connectivity index (χ1v) is 8.13. The smallest absolute Gasteiger partial charge is 0.410 e. The van der Waals surface area contributed by atoms with Gasteiger partial charge in [0, 0.05) is 37.1 Å². The van der Waals surface area contributed by atoms with Crippen LogP contribution in [0.4, 0.5) is 10.5 Å². The topological polar surface area (TPSA) is 81.9 Å². The van der Waals surface area contributed by atoms with Gasteiger partial charge >= 0.3 is 6.09 Å². The van der Waals surface area contributed by atoms with Crippen LogP contribution in [0.15, 0.2) is 24.3 Å². The molecular weight excluding hydrogens is 312 g/mol. The molecule has 1 amide bonds. The van der Waals surface area contributed by atoms with E-state index in [4.69, 9.17) is 9.47 Å². The van der Waals surface area contributed by atoms with Crippen molar-refractivity contribution in [3.63, 3.8) is 0 Å². The highest BCUT2D eigenvalue weighted by Gasteiger charge is 2.48. The maximum atomic E-state index is 12.2. The molecule has 2 aliphatic rings. The molecule has 0 radical (unpaired) electrons. The van der Waals surface area contributed by atoms with E-state index in [0.717, 1.165) is 12.8 Å². The van der Waals surface area contributed by atoms with Gasteiger partial charge in [-0.05, 0) is 39.3 Å². The fourth-order valence-corrected chi connectivity index (χ4v) is 3.42. The Hall–Kier alpha value is -2.31. The summed E-state index contributed by atoms with van der Waals surface area (Å²) < 4.78 is 11.4. The monoisotopic (exact) mass is 334 g/mol. The predicted molar refractivity (Wildman–Crippen MR) is 87.0 cm³/mol. The molecule has 1 aromatic carbocycles. The molecule has 24 heavy (non-hydrogen) atoms. The molecule has 130 valence electrons. The lowest BCUT2D eigenvalue weighted by atomic mass is 10.1. The van der Waals surface area contributed by atoms with Gasteiger partial charge in [-0.2, -0.15) is 0 Å². The van der Waals surface area contributed by atoms with Crippen LogP contribution in [0.2, 0.25) is 0 Å². The molecule has 3 unspecified atom stereocenters. The van der Waals surface area contributed by atoms with E-state index in [1.807, 2.05) is 20.8 Å². The number of amides is 1. The third kappa shape index (κ3) is 3.44. The predicted octanol–water partition coefficient (Wildman–Crippen LogP) is 3.37. The first kappa shape index (κ1) is 16.5. The largest absolute Gasteiger partial charge is 0.490 e. The molecule has 0 N–H and O–H groups in total. The van der Waals surface area contributed by atoms with Gasteiger partial charge in [0.1, 0.15) is 17.5 Å². The number of rotatable bonds is 3. The number of nitro benzene ring substituents is 1. The summed E-state index contributed by atoms with van der Waals surface area (Å²) in [4.78, 5) is 24.3. The summed E-state index contributed by atoms with van der Waals surface area (Å²) in [7, 11) is 0. The average molecular weight is 334 g/mol. The van der Waals surface area contributed by atoms with Crippen LogP contribution in [0.5, 0.6) is 5.75 Å². The van der Waals surface area contributed by atoms with Crippen LogP contribution in [-0.2, 0) is 4.74 Å². The van der Waals surface area contributed by atoms with Crippen LogP contribution in [0.3, 0.4) is 0 Å². The van der Waals surface area contributed by atoms with Crippen molar-refractivity contribution in [1.82, 2.24) is 4.90 Å². The van der Waals surface area contributed by atoms with E-state index in [0.29, 0.717) is 12.3 Å². The van der Waals surface area contributed by atoms with Crippen molar-refractivity contribution in [2.45, 2.75) is 51.4 Å². The number of ether oxygens (including phenoxy) is 2. The first-order chi connectivity index (χ1) is 11.2. The SMILES string of the molecule is CC(C)(C)OC(=O)N1CC2CC1CC2Oc1ccc([N+](=O)[O-])cc1. The van der Waals surface area contributed by atoms with E-state index in [1.165, 1.54) is 12.1 Å². The second kappa shape index (κ2) is 5.96. The number of carbonyl (C=O) groups excluding carboxylic acids is 1. The second-order valence-electron chi connectivity index (χ2n) is 7.43. The number of fused-ring (bicyclic) bond motifs is 2. The molecule has 3 rings (SSSR count). The highest BCUT2D eigenvalue weighted by Crippen LogP contribution is 2.40. The molecule has 1 saturated heterocycles. The number of piperidine rings is 1. The molecule has 2 bridgehead atoms. The molecule has 1 heterocycles. The van der Waals surface area contributed by atoms with Gasteiger partial charge in [-0.25, -0.2) is 4.79 Å². The molecule has 1 aliphatic carbocycles. The van der Waals surface area contributed by atoms with Gasteiger partial charge in [-0.3, -0.25) is 10.1 Å². The minimum Gasteiger partial charge on any atom is -0.490 e. The van der Waals surface area contributed by atoms with Crippen molar-refractivity contribution in [1.29, 1.82) is 0 Å². The molecule has 0 spiro atoms. The Kier molecular flexibility index (Phi) is 4.11. The third-order valence-electron chi connectivity index (χ3n) is 4.44. The maximum absolute atomic E-state index is 12.2. The number of non-ortho nitro benzene ring substituents is 1. The van der Waals surface area contributed by atoms with E-state index in [2.05, 4.69) is 0 Å². The van der Waals surface area contributed by atoms with Gasteiger partial charge in [0.2, 0.25) is 0 Å². The molecule has 1 saturated carbocycles. The second-order valence-corrected chi connectivity index (χ2v) is 7.43. The number of hydrogen-bond acceptors (Lipinski definition) is 5. The fourth-order valence-electron chi connectivity index (χ4n) is 3.42.